The van der Waals surface area contributed by atoms with Gasteiger partial charge < -0.3 is 14.4 Å². The number of benzene rings is 1. The largest absolute Gasteiger partial charge is 0.480 e. The molecule has 2 rings (SSSR count). The predicted octanol–water partition coefficient (Wildman–Crippen LogP) is 2.68. The van der Waals surface area contributed by atoms with Gasteiger partial charge in [-0.25, -0.2) is 0 Å². The van der Waals surface area contributed by atoms with Gasteiger partial charge in [-0.3, -0.25) is 4.79 Å². The van der Waals surface area contributed by atoms with Crippen LogP contribution in [0.1, 0.15) is 11.3 Å². The highest BCUT2D eigenvalue weighted by Crippen LogP contribution is 2.18. The third-order valence-corrected chi connectivity index (χ3v) is 2.65. The molecule has 4 nitrogen and oxygen atoms in total. The predicted molar refractivity (Wildman–Crippen MR) is 68.6 cm³/mol. The van der Waals surface area contributed by atoms with Gasteiger partial charge in [-0.05, 0) is 31.2 Å². The summed E-state index contributed by atoms with van der Waals surface area (Å²) in [6.07, 6.45) is 1.59. The molecule has 0 radical (unpaired) electrons. The van der Waals surface area contributed by atoms with Gasteiger partial charge >= 0.3 is 5.97 Å². The number of furan rings is 1. The molecular formula is C14H15NO3. The second kappa shape index (κ2) is 5.40. The Morgan fingerprint density at radius 1 is 1.28 bits per heavy atom. The van der Waals surface area contributed by atoms with Crippen molar-refractivity contribution in [2.24, 2.45) is 0 Å². The molecule has 94 valence electrons. The van der Waals surface area contributed by atoms with Gasteiger partial charge in [-0.15, -0.1) is 0 Å². The van der Waals surface area contributed by atoms with Crippen molar-refractivity contribution < 1.29 is 14.3 Å². The van der Waals surface area contributed by atoms with E-state index in [2.05, 4.69) is 0 Å². The van der Waals surface area contributed by atoms with Crippen LogP contribution in [0.5, 0.6) is 0 Å². The Morgan fingerprint density at radius 2 is 2.00 bits per heavy atom. The molecule has 0 fully saturated rings. The van der Waals surface area contributed by atoms with Crippen molar-refractivity contribution in [2.45, 2.75) is 13.5 Å². The van der Waals surface area contributed by atoms with E-state index in [-0.39, 0.29) is 6.54 Å². The summed E-state index contributed by atoms with van der Waals surface area (Å²) in [7, 11) is 0. The van der Waals surface area contributed by atoms with Gasteiger partial charge in [0.15, 0.2) is 0 Å². The fraction of sp³-hybridized carbons (Fsp3) is 0.214. The van der Waals surface area contributed by atoms with Crippen LogP contribution in [0.2, 0.25) is 0 Å². The molecule has 1 heterocycles. The van der Waals surface area contributed by atoms with Gasteiger partial charge in [-0.1, -0.05) is 17.7 Å². The van der Waals surface area contributed by atoms with Crippen molar-refractivity contribution in [2.75, 3.05) is 11.4 Å². The van der Waals surface area contributed by atoms with Gasteiger partial charge in [-0.2, -0.15) is 0 Å². The number of carboxylic acids is 1. The first-order valence-electron chi connectivity index (χ1n) is 5.71. The van der Waals surface area contributed by atoms with Crippen molar-refractivity contribution in [1.82, 2.24) is 0 Å². The van der Waals surface area contributed by atoms with Crippen molar-refractivity contribution >= 4 is 11.7 Å². The van der Waals surface area contributed by atoms with Crippen LogP contribution >= 0.6 is 0 Å². The lowest BCUT2D eigenvalue weighted by Crippen LogP contribution is -2.28. The van der Waals surface area contributed by atoms with E-state index in [1.807, 2.05) is 37.3 Å². The minimum atomic E-state index is -0.859. The Balaban J connectivity index is 2.19. The van der Waals surface area contributed by atoms with Crippen LogP contribution in [-0.2, 0) is 11.3 Å². The average Bonchev–Trinajstić information content (AvgIpc) is 2.81. The molecule has 4 heteroatoms. The molecule has 0 unspecified atom stereocenters. The summed E-state index contributed by atoms with van der Waals surface area (Å²) in [5.74, 6) is -0.112. The number of nitrogens with zero attached hydrogens (tertiary/aromatic N) is 1. The Kier molecular flexibility index (Phi) is 3.67. The van der Waals surface area contributed by atoms with Crippen LogP contribution in [0.15, 0.2) is 47.1 Å². The molecule has 0 spiro atoms. The van der Waals surface area contributed by atoms with E-state index in [4.69, 9.17) is 9.52 Å². The molecule has 2 aromatic rings. The van der Waals surface area contributed by atoms with Crippen molar-refractivity contribution in [3.8, 4) is 0 Å². The maximum atomic E-state index is 10.9. The molecule has 0 saturated carbocycles. The molecule has 0 aliphatic rings. The number of carbonyl (C=O) groups is 1. The molecule has 0 aliphatic heterocycles. The normalized spacial score (nSPS) is 10.3. The third kappa shape index (κ3) is 3.13. The molecule has 18 heavy (non-hydrogen) atoms. The number of hydrogen-bond acceptors (Lipinski definition) is 3. The van der Waals surface area contributed by atoms with E-state index < -0.39 is 5.97 Å². The number of rotatable bonds is 5. The van der Waals surface area contributed by atoms with Crippen LogP contribution in [0, 0.1) is 6.92 Å². The molecule has 0 aliphatic carbocycles. The zero-order valence-electron chi connectivity index (χ0n) is 10.2. The minimum Gasteiger partial charge on any atom is -0.480 e. The number of hydrogen-bond donors (Lipinski definition) is 1. The molecule has 0 bridgehead atoms. The van der Waals surface area contributed by atoms with E-state index in [9.17, 15) is 4.79 Å². The number of carboxylic acid groups (broad SMARTS) is 1. The molecular weight excluding hydrogens is 230 g/mol. The fourth-order valence-electron chi connectivity index (χ4n) is 1.75. The van der Waals surface area contributed by atoms with Crippen LogP contribution in [0.25, 0.3) is 0 Å². The van der Waals surface area contributed by atoms with Crippen molar-refractivity contribution in [3.05, 3.63) is 54.0 Å². The lowest BCUT2D eigenvalue weighted by atomic mass is 10.2. The van der Waals surface area contributed by atoms with Crippen LogP contribution in [0.3, 0.4) is 0 Å². The third-order valence-electron chi connectivity index (χ3n) is 2.65. The molecule has 0 saturated heterocycles. The van der Waals surface area contributed by atoms with Crippen LogP contribution in [-0.4, -0.2) is 17.6 Å². The highest BCUT2D eigenvalue weighted by Gasteiger charge is 2.12. The second-order valence-electron chi connectivity index (χ2n) is 4.16. The van der Waals surface area contributed by atoms with E-state index in [1.165, 1.54) is 0 Å². The zero-order valence-corrected chi connectivity index (χ0v) is 10.2. The smallest absolute Gasteiger partial charge is 0.323 e. The second-order valence-corrected chi connectivity index (χ2v) is 4.16. The van der Waals surface area contributed by atoms with Gasteiger partial charge in [0, 0.05) is 5.69 Å². The summed E-state index contributed by atoms with van der Waals surface area (Å²) in [6.45, 7) is 2.39. The van der Waals surface area contributed by atoms with Crippen molar-refractivity contribution in [1.29, 1.82) is 0 Å². The summed E-state index contributed by atoms with van der Waals surface area (Å²) in [5.41, 5.74) is 2.02. The monoisotopic (exact) mass is 245 g/mol. The quantitative estimate of drug-likeness (QED) is 0.879. The Bertz CT molecular complexity index is 502. The van der Waals surface area contributed by atoms with Gasteiger partial charge in [0.1, 0.15) is 12.3 Å². The number of anilines is 1. The number of aryl methyl sites for hydroxylation is 1. The summed E-state index contributed by atoms with van der Waals surface area (Å²) in [4.78, 5) is 12.7. The van der Waals surface area contributed by atoms with Crippen LogP contribution < -0.4 is 4.90 Å². The maximum absolute atomic E-state index is 10.9. The van der Waals surface area contributed by atoms with E-state index in [0.29, 0.717) is 6.54 Å². The molecule has 0 atom stereocenters. The summed E-state index contributed by atoms with van der Waals surface area (Å²) >= 11 is 0. The van der Waals surface area contributed by atoms with E-state index >= 15 is 0 Å². The summed E-state index contributed by atoms with van der Waals surface area (Å²) in [6, 6.07) is 11.4. The first-order valence-corrected chi connectivity index (χ1v) is 5.71. The number of aliphatic carboxylic acids is 1. The molecule has 1 aromatic heterocycles. The van der Waals surface area contributed by atoms with E-state index in [1.54, 1.807) is 17.2 Å². The van der Waals surface area contributed by atoms with E-state index in [0.717, 1.165) is 17.0 Å². The summed E-state index contributed by atoms with van der Waals surface area (Å²) in [5, 5.41) is 8.96. The standard InChI is InChI=1S/C14H15NO3/c1-11-4-6-12(7-5-11)15(10-14(16)17)9-13-3-2-8-18-13/h2-8H,9-10H2,1H3,(H,16,17). The average molecular weight is 245 g/mol. The lowest BCUT2D eigenvalue weighted by molar-refractivity contribution is -0.135. The molecule has 0 amide bonds. The maximum Gasteiger partial charge on any atom is 0.323 e. The van der Waals surface area contributed by atoms with Gasteiger partial charge in [0.25, 0.3) is 0 Å². The Morgan fingerprint density at radius 3 is 2.56 bits per heavy atom. The highest BCUT2D eigenvalue weighted by atomic mass is 16.4. The molecule has 1 aromatic carbocycles. The zero-order chi connectivity index (χ0) is 13.0. The van der Waals surface area contributed by atoms with Crippen molar-refractivity contribution in [3.63, 3.8) is 0 Å². The van der Waals surface area contributed by atoms with Gasteiger partial charge in [0.2, 0.25) is 0 Å². The Labute approximate surface area is 105 Å². The lowest BCUT2D eigenvalue weighted by Gasteiger charge is -2.21. The molecule has 1 N–H and O–H groups in total. The first kappa shape index (κ1) is 12.2. The SMILES string of the molecule is Cc1ccc(N(CC(=O)O)Cc2ccco2)cc1. The van der Waals surface area contributed by atoms with Crippen LogP contribution in [0.4, 0.5) is 5.69 Å². The fourth-order valence-corrected chi connectivity index (χ4v) is 1.75. The Hall–Kier alpha value is -2.23. The summed E-state index contributed by atoms with van der Waals surface area (Å²) < 4.78 is 5.26. The minimum absolute atomic E-state index is 0.0518. The van der Waals surface area contributed by atoms with Gasteiger partial charge in [0.05, 0.1) is 12.8 Å². The topological polar surface area (TPSA) is 53.7 Å². The highest BCUT2D eigenvalue weighted by molar-refractivity contribution is 5.73. The first-order chi connectivity index (χ1) is 8.65.